The molecule has 1 atom stereocenters. The maximum Gasteiger partial charge on any atom is 0.228 e. The van der Waals surface area contributed by atoms with Gasteiger partial charge in [-0.3, -0.25) is 0 Å². The highest BCUT2D eigenvalue weighted by atomic mass is 16.3. The number of hydrogen-bond acceptors (Lipinski definition) is 3. The van der Waals surface area contributed by atoms with Gasteiger partial charge >= 0.3 is 0 Å². The van der Waals surface area contributed by atoms with E-state index in [0.29, 0.717) is 5.71 Å². The van der Waals surface area contributed by atoms with E-state index in [0.717, 1.165) is 50.8 Å². The quantitative estimate of drug-likeness (QED) is 0.200. The fraction of sp³-hybridized carbons (Fsp3) is 0.0465. The molecule has 2 aromatic heterocycles. The second-order valence-electron chi connectivity index (χ2n) is 11.9. The van der Waals surface area contributed by atoms with Crippen LogP contribution in [0.15, 0.2) is 174 Å². The van der Waals surface area contributed by atoms with Crippen LogP contribution >= 0.6 is 0 Å². The summed E-state index contributed by atoms with van der Waals surface area (Å²) < 4.78 is 6.66. The van der Waals surface area contributed by atoms with Gasteiger partial charge in [0.25, 0.3) is 0 Å². The minimum atomic E-state index is 0.229. The van der Waals surface area contributed by atoms with Gasteiger partial charge in [-0.05, 0) is 70.3 Å². The third-order valence-electron chi connectivity index (χ3n) is 9.16. The van der Waals surface area contributed by atoms with Crippen LogP contribution in [0.25, 0.3) is 54.9 Å². The Morgan fingerprint density at radius 1 is 0.609 bits per heavy atom. The minimum Gasteiger partial charge on any atom is -0.435 e. The number of benzene rings is 6. The van der Waals surface area contributed by atoms with Gasteiger partial charge < -0.3 is 9.32 Å². The number of furan rings is 1. The average molecular weight is 591 g/mol. The molecule has 0 N–H and O–H groups in total. The van der Waals surface area contributed by atoms with Gasteiger partial charge in [0, 0.05) is 33.5 Å². The number of fused-ring (bicyclic) bond motifs is 5. The van der Waals surface area contributed by atoms with Crippen molar-refractivity contribution in [2.45, 2.75) is 12.3 Å². The molecule has 0 saturated heterocycles. The number of pyridine rings is 1. The molecule has 0 fully saturated rings. The van der Waals surface area contributed by atoms with Crippen LogP contribution in [0.5, 0.6) is 0 Å². The lowest BCUT2D eigenvalue weighted by Gasteiger charge is -2.30. The van der Waals surface area contributed by atoms with E-state index in [4.69, 9.17) is 9.40 Å². The third kappa shape index (κ3) is 4.48. The highest BCUT2D eigenvalue weighted by Gasteiger charge is 2.24. The largest absolute Gasteiger partial charge is 0.435 e. The molecule has 0 amide bonds. The van der Waals surface area contributed by atoms with Crippen LogP contribution in [-0.4, -0.2) is 4.98 Å². The van der Waals surface area contributed by atoms with Crippen molar-refractivity contribution < 1.29 is 4.42 Å². The fourth-order valence-electron chi connectivity index (χ4n) is 6.97. The summed E-state index contributed by atoms with van der Waals surface area (Å²) in [6.45, 7) is 0. The molecule has 0 bridgehead atoms. The minimum absolute atomic E-state index is 0.229. The van der Waals surface area contributed by atoms with Gasteiger partial charge in [0.15, 0.2) is 5.58 Å². The number of aromatic nitrogens is 1. The highest BCUT2D eigenvalue weighted by molar-refractivity contribution is 6.11. The van der Waals surface area contributed by atoms with Crippen LogP contribution in [-0.2, 0) is 0 Å². The summed E-state index contributed by atoms with van der Waals surface area (Å²) in [5.74, 6) is 0.229. The molecule has 0 saturated carbocycles. The topological polar surface area (TPSA) is 29.3 Å². The number of hydrogen-bond donors (Lipinski definition) is 0. The Labute approximate surface area is 267 Å². The first-order chi connectivity index (χ1) is 22.8. The summed E-state index contributed by atoms with van der Waals surface area (Å²) in [6, 6.07) is 51.5. The predicted octanol–water partition coefficient (Wildman–Crippen LogP) is 11.7. The van der Waals surface area contributed by atoms with E-state index in [2.05, 4.69) is 157 Å². The van der Waals surface area contributed by atoms with E-state index in [1.165, 1.54) is 27.5 Å². The lowest BCUT2D eigenvalue weighted by Crippen LogP contribution is -2.18. The van der Waals surface area contributed by atoms with E-state index in [9.17, 15) is 0 Å². The first-order valence-electron chi connectivity index (χ1n) is 15.8. The van der Waals surface area contributed by atoms with E-state index in [-0.39, 0.29) is 5.92 Å². The molecule has 3 heteroatoms. The highest BCUT2D eigenvalue weighted by Crippen LogP contribution is 2.43. The standard InChI is InChI=1S/C43H30N2O/c1-2-12-29(13-3-1)31-17-8-19-34(26-31)45(35-20-9-18-32(27-35)37-22-10-16-30-14-4-6-21-36(30)37)41-25-11-23-38-39-28-33-15-5-7-24-40(33)44-43(39)46-42(38)41/h1-17,19-28,32H,18H2. The first-order valence-corrected chi connectivity index (χ1v) is 15.8. The Kier molecular flexibility index (Phi) is 6.27. The van der Waals surface area contributed by atoms with Crippen molar-refractivity contribution in [2.24, 2.45) is 0 Å². The zero-order chi connectivity index (χ0) is 30.5. The van der Waals surface area contributed by atoms with Crippen molar-refractivity contribution in [3.8, 4) is 11.1 Å². The molecule has 0 radical (unpaired) electrons. The second-order valence-corrected chi connectivity index (χ2v) is 11.9. The molecule has 46 heavy (non-hydrogen) atoms. The Morgan fingerprint density at radius 2 is 1.35 bits per heavy atom. The predicted molar refractivity (Wildman–Crippen MR) is 192 cm³/mol. The van der Waals surface area contributed by atoms with Crippen LogP contribution in [0.1, 0.15) is 17.9 Å². The molecule has 6 aromatic carbocycles. The number of para-hydroxylation sites is 2. The van der Waals surface area contributed by atoms with Crippen LogP contribution in [0.4, 0.5) is 11.4 Å². The summed E-state index contributed by atoms with van der Waals surface area (Å²) in [7, 11) is 0. The molecule has 2 heterocycles. The molecule has 1 unspecified atom stereocenters. The molecular formula is C43H30N2O. The van der Waals surface area contributed by atoms with Crippen molar-refractivity contribution in [2.75, 3.05) is 4.90 Å². The summed E-state index contributed by atoms with van der Waals surface area (Å²) in [6.07, 6.45) is 7.93. The molecule has 0 spiro atoms. The SMILES string of the molecule is C1=CC(N(c2cccc(-c3ccccc3)c2)c2cccc3c2oc2nc4ccccc4cc23)=CC(c2cccc3ccccc23)C1. The fourth-order valence-corrected chi connectivity index (χ4v) is 6.97. The lowest BCUT2D eigenvalue weighted by atomic mass is 9.87. The average Bonchev–Trinajstić information content (AvgIpc) is 3.49. The third-order valence-corrected chi connectivity index (χ3v) is 9.16. The van der Waals surface area contributed by atoms with Crippen molar-refractivity contribution in [3.05, 3.63) is 175 Å². The van der Waals surface area contributed by atoms with Crippen molar-refractivity contribution in [1.82, 2.24) is 4.98 Å². The van der Waals surface area contributed by atoms with Crippen molar-refractivity contribution in [3.63, 3.8) is 0 Å². The number of nitrogens with zero attached hydrogens (tertiary/aromatic N) is 2. The molecule has 0 aliphatic heterocycles. The van der Waals surface area contributed by atoms with Crippen molar-refractivity contribution >= 4 is 55.1 Å². The van der Waals surface area contributed by atoms with E-state index in [1.54, 1.807) is 0 Å². The van der Waals surface area contributed by atoms with Gasteiger partial charge in [-0.15, -0.1) is 0 Å². The molecule has 9 rings (SSSR count). The van der Waals surface area contributed by atoms with Crippen LogP contribution in [0, 0.1) is 0 Å². The summed E-state index contributed by atoms with van der Waals surface area (Å²) >= 11 is 0. The van der Waals surface area contributed by atoms with Gasteiger partial charge in [-0.2, -0.15) is 0 Å². The summed E-state index contributed by atoms with van der Waals surface area (Å²) in [4.78, 5) is 7.27. The van der Waals surface area contributed by atoms with Gasteiger partial charge in [0.2, 0.25) is 5.71 Å². The van der Waals surface area contributed by atoms with Crippen LogP contribution < -0.4 is 4.90 Å². The first kappa shape index (κ1) is 26.5. The maximum absolute atomic E-state index is 6.66. The molecule has 8 aromatic rings. The second kappa shape index (κ2) is 10.9. The molecule has 218 valence electrons. The van der Waals surface area contributed by atoms with Gasteiger partial charge in [-0.1, -0.05) is 127 Å². The molecule has 1 aliphatic carbocycles. The molecular weight excluding hydrogens is 560 g/mol. The normalized spacial score (nSPS) is 14.7. The number of anilines is 2. The lowest BCUT2D eigenvalue weighted by molar-refractivity contribution is 0.656. The van der Waals surface area contributed by atoms with Crippen LogP contribution in [0.2, 0.25) is 0 Å². The zero-order valence-corrected chi connectivity index (χ0v) is 25.2. The number of allylic oxidation sites excluding steroid dienone is 3. The Bertz CT molecular complexity index is 2460. The Morgan fingerprint density at radius 3 is 2.28 bits per heavy atom. The van der Waals surface area contributed by atoms with E-state index < -0.39 is 0 Å². The molecule has 1 aliphatic rings. The van der Waals surface area contributed by atoms with E-state index in [1.807, 2.05) is 12.1 Å². The van der Waals surface area contributed by atoms with Crippen molar-refractivity contribution in [1.29, 1.82) is 0 Å². The van der Waals surface area contributed by atoms with Gasteiger partial charge in [0.05, 0.1) is 11.2 Å². The number of rotatable bonds is 5. The Hall–Kier alpha value is -5.93. The summed E-state index contributed by atoms with van der Waals surface area (Å²) in [5, 5.41) is 5.75. The summed E-state index contributed by atoms with van der Waals surface area (Å²) in [5.41, 5.74) is 9.27. The zero-order valence-electron chi connectivity index (χ0n) is 25.2. The van der Waals surface area contributed by atoms with Gasteiger partial charge in [-0.25, -0.2) is 4.98 Å². The van der Waals surface area contributed by atoms with E-state index >= 15 is 0 Å². The smallest absolute Gasteiger partial charge is 0.228 e. The van der Waals surface area contributed by atoms with Gasteiger partial charge in [0.1, 0.15) is 0 Å². The van der Waals surface area contributed by atoms with Crippen LogP contribution in [0.3, 0.4) is 0 Å². The Balaban J connectivity index is 1.26. The monoisotopic (exact) mass is 590 g/mol. The maximum atomic E-state index is 6.66. The molecule has 3 nitrogen and oxygen atoms in total.